The molecular weight excluding hydrogens is 211 g/mol. The molecule has 1 aromatic rings. The van der Waals surface area contributed by atoms with Crippen LogP contribution in [0.4, 0.5) is 0 Å². The maximum absolute atomic E-state index is 5.63. The quantitative estimate of drug-likeness (QED) is 0.543. The number of para-hydroxylation sites is 2. The van der Waals surface area contributed by atoms with Crippen molar-refractivity contribution in [1.82, 2.24) is 0 Å². The van der Waals surface area contributed by atoms with Gasteiger partial charge in [-0.2, -0.15) is 0 Å². The lowest BCUT2D eigenvalue weighted by Gasteiger charge is -1.98. The molecule has 1 aliphatic heterocycles. The molecule has 0 saturated carbocycles. The molecule has 0 amide bonds. The first-order valence-electron chi connectivity index (χ1n) is 6.49. The summed E-state index contributed by atoms with van der Waals surface area (Å²) in [5.41, 5.74) is 0. The molecule has 0 spiro atoms. The van der Waals surface area contributed by atoms with E-state index in [4.69, 9.17) is 9.31 Å². The Kier molecular flexibility index (Phi) is 4.54. The number of hydrogen-bond donors (Lipinski definition) is 0. The van der Waals surface area contributed by atoms with Crippen LogP contribution in [0.1, 0.15) is 39.0 Å². The van der Waals surface area contributed by atoms with Gasteiger partial charge in [0.15, 0.2) is 0 Å². The Bertz CT molecular complexity index is 351. The fourth-order valence-electron chi connectivity index (χ4n) is 1.89. The van der Waals surface area contributed by atoms with Crippen molar-refractivity contribution < 1.29 is 9.31 Å². The number of allylic oxidation sites excluding steroid dienone is 1. The summed E-state index contributed by atoms with van der Waals surface area (Å²) in [5.74, 6) is 3.69. The smallest absolute Gasteiger partial charge is 0.520 e. The van der Waals surface area contributed by atoms with E-state index in [1.165, 1.54) is 25.7 Å². The minimum absolute atomic E-state index is 0.237. The van der Waals surface area contributed by atoms with E-state index in [-0.39, 0.29) is 7.12 Å². The molecule has 1 heterocycles. The van der Waals surface area contributed by atoms with Crippen LogP contribution in [0.3, 0.4) is 0 Å². The summed E-state index contributed by atoms with van der Waals surface area (Å²) in [6.07, 6.45) is 8.45. The fraction of sp³-hybridized carbons (Fsp3) is 0.429. The molecule has 90 valence electrons. The monoisotopic (exact) mass is 230 g/mol. The average molecular weight is 230 g/mol. The molecule has 0 fully saturated rings. The fourth-order valence-corrected chi connectivity index (χ4v) is 1.89. The van der Waals surface area contributed by atoms with Crippen LogP contribution in [0.25, 0.3) is 0 Å². The molecule has 0 radical (unpaired) electrons. The van der Waals surface area contributed by atoms with Crippen molar-refractivity contribution in [2.24, 2.45) is 0 Å². The normalized spacial score (nSPS) is 13.6. The highest BCUT2D eigenvalue weighted by molar-refractivity contribution is 6.53. The zero-order valence-corrected chi connectivity index (χ0v) is 10.4. The second kappa shape index (κ2) is 6.38. The molecule has 1 aliphatic rings. The van der Waals surface area contributed by atoms with Gasteiger partial charge in [-0.25, -0.2) is 0 Å². The van der Waals surface area contributed by atoms with Gasteiger partial charge < -0.3 is 9.31 Å². The van der Waals surface area contributed by atoms with Crippen LogP contribution in [-0.4, -0.2) is 7.12 Å². The van der Waals surface area contributed by atoms with Crippen LogP contribution < -0.4 is 9.31 Å². The maximum Gasteiger partial charge on any atom is 0.624 e. The predicted molar refractivity (Wildman–Crippen MR) is 71.4 cm³/mol. The number of fused-ring (bicyclic) bond motifs is 1. The molecule has 0 N–H and O–H groups in total. The summed E-state index contributed by atoms with van der Waals surface area (Å²) in [6, 6.07) is 7.78. The average Bonchev–Trinajstić information content (AvgIpc) is 2.76. The van der Waals surface area contributed by atoms with Gasteiger partial charge in [-0.3, -0.25) is 0 Å². The van der Waals surface area contributed by atoms with Crippen molar-refractivity contribution in [2.75, 3.05) is 0 Å². The Balaban J connectivity index is 1.70. The first-order chi connectivity index (χ1) is 8.40. The molecule has 0 atom stereocenters. The van der Waals surface area contributed by atoms with Gasteiger partial charge in [0.2, 0.25) is 0 Å². The van der Waals surface area contributed by atoms with E-state index in [1.807, 2.05) is 30.2 Å². The summed E-state index contributed by atoms with van der Waals surface area (Å²) >= 11 is 0. The summed E-state index contributed by atoms with van der Waals surface area (Å²) in [6.45, 7) is 2.23. The van der Waals surface area contributed by atoms with Crippen molar-refractivity contribution in [1.29, 1.82) is 0 Å². The van der Waals surface area contributed by atoms with Gasteiger partial charge in [0.05, 0.1) is 0 Å². The van der Waals surface area contributed by atoms with E-state index < -0.39 is 0 Å². The molecule has 0 unspecified atom stereocenters. The Hall–Kier alpha value is -1.38. The third-order valence-corrected chi connectivity index (χ3v) is 2.85. The van der Waals surface area contributed by atoms with Crippen LogP contribution in [0.2, 0.25) is 0 Å². The zero-order chi connectivity index (χ0) is 11.9. The number of rotatable bonds is 6. The standard InChI is InChI=1S/C14H19BO2/c1-2-3-4-5-6-9-12-15-16-13-10-7-8-11-14(13)17-15/h7-12H,2-6H2,1H3/b12-9-. The van der Waals surface area contributed by atoms with Gasteiger partial charge in [0.25, 0.3) is 0 Å². The molecule has 0 bridgehead atoms. The zero-order valence-electron chi connectivity index (χ0n) is 10.4. The highest BCUT2D eigenvalue weighted by atomic mass is 16.6. The first-order valence-corrected chi connectivity index (χ1v) is 6.49. The third kappa shape index (κ3) is 3.55. The summed E-state index contributed by atoms with van der Waals surface area (Å²) < 4.78 is 11.3. The molecule has 0 aromatic heterocycles. The van der Waals surface area contributed by atoms with Crippen LogP contribution in [0.5, 0.6) is 11.5 Å². The number of unbranched alkanes of at least 4 members (excludes halogenated alkanes) is 4. The molecular formula is C14H19BO2. The molecule has 17 heavy (non-hydrogen) atoms. The molecule has 2 rings (SSSR count). The second-order valence-electron chi connectivity index (χ2n) is 4.33. The molecule has 0 aliphatic carbocycles. The Morgan fingerprint density at radius 1 is 1.06 bits per heavy atom. The maximum atomic E-state index is 5.63. The summed E-state index contributed by atoms with van der Waals surface area (Å²) in [5, 5.41) is 0. The van der Waals surface area contributed by atoms with E-state index in [0.29, 0.717) is 0 Å². The van der Waals surface area contributed by atoms with Crippen LogP contribution in [0.15, 0.2) is 36.3 Å². The van der Waals surface area contributed by atoms with E-state index in [9.17, 15) is 0 Å². The van der Waals surface area contributed by atoms with E-state index in [2.05, 4.69) is 13.0 Å². The third-order valence-electron chi connectivity index (χ3n) is 2.85. The van der Waals surface area contributed by atoms with E-state index in [1.54, 1.807) is 0 Å². The molecule has 3 heteroatoms. The predicted octanol–water partition coefficient (Wildman–Crippen LogP) is 4.01. The van der Waals surface area contributed by atoms with Crippen LogP contribution >= 0.6 is 0 Å². The molecule has 0 saturated heterocycles. The van der Waals surface area contributed by atoms with E-state index in [0.717, 1.165) is 17.9 Å². The van der Waals surface area contributed by atoms with Gasteiger partial charge in [0, 0.05) is 0 Å². The summed E-state index contributed by atoms with van der Waals surface area (Å²) in [4.78, 5) is 0. The highest BCUT2D eigenvalue weighted by Gasteiger charge is 2.28. The van der Waals surface area contributed by atoms with Gasteiger partial charge in [0.1, 0.15) is 11.5 Å². The Morgan fingerprint density at radius 2 is 1.76 bits per heavy atom. The topological polar surface area (TPSA) is 18.5 Å². The van der Waals surface area contributed by atoms with Crippen molar-refractivity contribution in [3.63, 3.8) is 0 Å². The lowest BCUT2D eigenvalue weighted by Crippen LogP contribution is -2.21. The Labute approximate surface area is 104 Å². The second-order valence-corrected chi connectivity index (χ2v) is 4.33. The van der Waals surface area contributed by atoms with Crippen molar-refractivity contribution >= 4 is 7.12 Å². The van der Waals surface area contributed by atoms with Gasteiger partial charge in [-0.1, -0.05) is 44.4 Å². The van der Waals surface area contributed by atoms with Crippen LogP contribution in [-0.2, 0) is 0 Å². The van der Waals surface area contributed by atoms with Crippen LogP contribution in [0, 0.1) is 0 Å². The van der Waals surface area contributed by atoms with Gasteiger partial charge in [-0.15, -0.1) is 0 Å². The molecule has 1 aromatic carbocycles. The lowest BCUT2D eigenvalue weighted by atomic mass is 9.90. The van der Waals surface area contributed by atoms with Gasteiger partial charge >= 0.3 is 7.12 Å². The Morgan fingerprint density at radius 3 is 2.41 bits per heavy atom. The SMILES string of the molecule is CCCCCC/C=C\B1Oc2ccccc2O1. The largest absolute Gasteiger partial charge is 0.624 e. The molecule has 2 nitrogen and oxygen atoms in total. The van der Waals surface area contributed by atoms with Crippen molar-refractivity contribution in [3.8, 4) is 11.5 Å². The number of hydrogen-bond acceptors (Lipinski definition) is 2. The van der Waals surface area contributed by atoms with Crippen molar-refractivity contribution in [3.05, 3.63) is 36.3 Å². The van der Waals surface area contributed by atoms with E-state index >= 15 is 0 Å². The van der Waals surface area contributed by atoms with Gasteiger partial charge in [-0.05, 0) is 30.9 Å². The lowest BCUT2D eigenvalue weighted by molar-refractivity contribution is 0.517. The minimum Gasteiger partial charge on any atom is -0.520 e. The first kappa shape index (κ1) is 12.1. The highest BCUT2D eigenvalue weighted by Crippen LogP contribution is 2.32. The minimum atomic E-state index is -0.237. The van der Waals surface area contributed by atoms with Crippen molar-refractivity contribution in [2.45, 2.75) is 39.0 Å². The summed E-state index contributed by atoms with van der Waals surface area (Å²) in [7, 11) is -0.237. The number of benzene rings is 1.